The summed E-state index contributed by atoms with van der Waals surface area (Å²) in [4.78, 5) is 0. The summed E-state index contributed by atoms with van der Waals surface area (Å²) in [5, 5.41) is 12.7. The molecule has 1 aliphatic rings. The van der Waals surface area contributed by atoms with E-state index in [-0.39, 0.29) is 12.4 Å². The van der Waals surface area contributed by atoms with Gasteiger partial charge in [-0.25, -0.2) is 0 Å². The molecule has 2 N–H and O–H groups in total. The maximum atomic E-state index is 9.38. The third kappa shape index (κ3) is 2.27. The van der Waals surface area contributed by atoms with Crippen LogP contribution in [-0.2, 0) is 6.42 Å². The lowest BCUT2D eigenvalue weighted by atomic mass is 9.80. The largest absolute Gasteiger partial charge is 0.508 e. The molecule has 0 bridgehead atoms. The van der Waals surface area contributed by atoms with E-state index in [2.05, 4.69) is 18.3 Å². The summed E-state index contributed by atoms with van der Waals surface area (Å²) in [7, 11) is 2.02. The van der Waals surface area contributed by atoms with Crippen molar-refractivity contribution in [1.82, 2.24) is 5.32 Å². The molecule has 1 aliphatic carbocycles. The van der Waals surface area contributed by atoms with Crippen molar-refractivity contribution in [2.24, 2.45) is 0 Å². The average molecular weight is 228 g/mol. The highest BCUT2D eigenvalue weighted by Gasteiger charge is 2.24. The molecule has 0 amide bonds. The summed E-state index contributed by atoms with van der Waals surface area (Å²) in [6, 6.07) is 6.32. The Morgan fingerprint density at radius 2 is 2.13 bits per heavy atom. The van der Waals surface area contributed by atoms with Gasteiger partial charge in [-0.05, 0) is 49.1 Å². The fraction of sp³-hybridized carbons (Fsp3) is 0.500. The lowest BCUT2D eigenvalue weighted by Gasteiger charge is -2.31. The normalized spacial score (nSPS) is 24.1. The van der Waals surface area contributed by atoms with Gasteiger partial charge in [0, 0.05) is 6.04 Å². The maximum Gasteiger partial charge on any atom is 0.115 e. The van der Waals surface area contributed by atoms with Gasteiger partial charge in [0.15, 0.2) is 0 Å². The topological polar surface area (TPSA) is 32.3 Å². The third-order valence-corrected chi connectivity index (χ3v) is 3.32. The van der Waals surface area contributed by atoms with Crippen molar-refractivity contribution in [2.75, 3.05) is 7.05 Å². The molecule has 3 heteroatoms. The average Bonchev–Trinajstić information content (AvgIpc) is 2.18. The Labute approximate surface area is 97.1 Å². The number of phenolic OH excluding ortho intramolecular Hbond substituents is 1. The van der Waals surface area contributed by atoms with Gasteiger partial charge >= 0.3 is 0 Å². The first-order chi connectivity index (χ1) is 6.72. The number of benzene rings is 1. The van der Waals surface area contributed by atoms with E-state index >= 15 is 0 Å². The molecular formula is C12H18ClNO. The molecule has 15 heavy (non-hydrogen) atoms. The van der Waals surface area contributed by atoms with Crippen molar-refractivity contribution in [3.05, 3.63) is 29.3 Å². The number of aryl methyl sites for hydroxylation is 1. The van der Waals surface area contributed by atoms with Crippen LogP contribution < -0.4 is 5.32 Å². The van der Waals surface area contributed by atoms with Gasteiger partial charge in [-0.1, -0.05) is 13.0 Å². The molecule has 1 aromatic carbocycles. The minimum absolute atomic E-state index is 0. The Hall–Kier alpha value is -0.730. The smallest absolute Gasteiger partial charge is 0.115 e. The Bertz CT molecular complexity index is 340. The number of fused-ring (bicyclic) bond motifs is 1. The van der Waals surface area contributed by atoms with E-state index < -0.39 is 0 Å². The molecule has 2 rings (SSSR count). The quantitative estimate of drug-likeness (QED) is 0.773. The molecule has 0 saturated heterocycles. The van der Waals surface area contributed by atoms with E-state index in [4.69, 9.17) is 0 Å². The molecule has 1 aromatic rings. The van der Waals surface area contributed by atoms with Crippen LogP contribution in [0.2, 0.25) is 0 Å². The highest BCUT2D eigenvalue weighted by molar-refractivity contribution is 5.85. The standard InChI is InChI=1S/C12H17NO.ClH/c1-8-11-5-4-10(14)7-9(11)3-6-12(8)13-2;/h4-5,7-8,12-14H,3,6H2,1-2H3;1H. The van der Waals surface area contributed by atoms with Gasteiger partial charge in [-0.2, -0.15) is 0 Å². The van der Waals surface area contributed by atoms with E-state index in [0.29, 0.717) is 17.7 Å². The molecule has 84 valence electrons. The molecule has 0 spiro atoms. The van der Waals surface area contributed by atoms with E-state index in [1.807, 2.05) is 13.1 Å². The number of hydrogen-bond acceptors (Lipinski definition) is 2. The second-order valence-corrected chi connectivity index (χ2v) is 4.11. The van der Waals surface area contributed by atoms with Crippen LogP contribution >= 0.6 is 12.4 Å². The SMILES string of the molecule is CNC1CCc2cc(O)ccc2C1C.Cl. The Morgan fingerprint density at radius 1 is 1.40 bits per heavy atom. The molecule has 2 atom stereocenters. The number of likely N-dealkylation sites (N-methyl/N-ethyl adjacent to an activating group) is 1. The van der Waals surface area contributed by atoms with Crippen LogP contribution in [-0.4, -0.2) is 18.2 Å². The minimum atomic E-state index is 0. The maximum absolute atomic E-state index is 9.38. The lowest BCUT2D eigenvalue weighted by Crippen LogP contribution is -2.34. The summed E-state index contributed by atoms with van der Waals surface area (Å²) >= 11 is 0. The van der Waals surface area contributed by atoms with Crippen LogP contribution in [0.15, 0.2) is 18.2 Å². The summed E-state index contributed by atoms with van der Waals surface area (Å²) in [5.74, 6) is 0.934. The van der Waals surface area contributed by atoms with Crippen molar-refractivity contribution in [1.29, 1.82) is 0 Å². The van der Waals surface area contributed by atoms with Crippen molar-refractivity contribution in [3.8, 4) is 5.75 Å². The fourth-order valence-electron chi connectivity index (χ4n) is 2.42. The summed E-state index contributed by atoms with van der Waals surface area (Å²) in [5.41, 5.74) is 2.69. The van der Waals surface area contributed by atoms with Gasteiger partial charge in [0.05, 0.1) is 0 Å². The zero-order valence-electron chi connectivity index (χ0n) is 9.16. The highest BCUT2D eigenvalue weighted by atomic mass is 35.5. The van der Waals surface area contributed by atoms with Crippen molar-refractivity contribution in [2.45, 2.75) is 31.7 Å². The van der Waals surface area contributed by atoms with Gasteiger partial charge in [0.2, 0.25) is 0 Å². The molecule has 0 fully saturated rings. The van der Waals surface area contributed by atoms with Gasteiger partial charge in [-0.15, -0.1) is 12.4 Å². The first kappa shape index (κ1) is 12.3. The number of nitrogens with one attached hydrogen (secondary N) is 1. The molecular weight excluding hydrogens is 210 g/mol. The lowest BCUT2D eigenvalue weighted by molar-refractivity contribution is 0.427. The van der Waals surface area contributed by atoms with Gasteiger partial charge in [0.1, 0.15) is 5.75 Å². The number of rotatable bonds is 1. The van der Waals surface area contributed by atoms with Crippen molar-refractivity contribution >= 4 is 12.4 Å². The van der Waals surface area contributed by atoms with Crippen molar-refractivity contribution < 1.29 is 5.11 Å². The summed E-state index contributed by atoms with van der Waals surface area (Å²) in [6.45, 7) is 2.25. The van der Waals surface area contributed by atoms with Crippen LogP contribution in [0.25, 0.3) is 0 Å². The Kier molecular flexibility index (Phi) is 4.00. The Morgan fingerprint density at radius 3 is 2.80 bits per heavy atom. The summed E-state index contributed by atoms with van der Waals surface area (Å²) in [6.07, 6.45) is 2.23. The third-order valence-electron chi connectivity index (χ3n) is 3.32. The molecule has 2 unspecified atom stereocenters. The van der Waals surface area contributed by atoms with Crippen LogP contribution in [0, 0.1) is 0 Å². The van der Waals surface area contributed by atoms with E-state index in [0.717, 1.165) is 12.8 Å². The number of halogens is 1. The second kappa shape index (κ2) is 4.86. The number of aromatic hydroxyl groups is 1. The first-order valence-electron chi connectivity index (χ1n) is 5.21. The predicted molar refractivity (Wildman–Crippen MR) is 64.9 cm³/mol. The highest BCUT2D eigenvalue weighted by Crippen LogP contribution is 2.33. The van der Waals surface area contributed by atoms with E-state index in [1.54, 1.807) is 6.07 Å². The molecule has 0 saturated carbocycles. The van der Waals surface area contributed by atoms with E-state index in [9.17, 15) is 5.11 Å². The molecule has 0 heterocycles. The van der Waals surface area contributed by atoms with Crippen LogP contribution in [0.1, 0.15) is 30.4 Å². The van der Waals surface area contributed by atoms with Crippen LogP contribution in [0.5, 0.6) is 5.75 Å². The second-order valence-electron chi connectivity index (χ2n) is 4.11. The molecule has 0 aromatic heterocycles. The van der Waals surface area contributed by atoms with Gasteiger partial charge < -0.3 is 10.4 Å². The van der Waals surface area contributed by atoms with Gasteiger partial charge in [0.25, 0.3) is 0 Å². The summed E-state index contributed by atoms with van der Waals surface area (Å²) < 4.78 is 0. The zero-order valence-corrected chi connectivity index (χ0v) is 9.97. The predicted octanol–water partition coefficient (Wildman–Crippen LogP) is 2.45. The Balaban J connectivity index is 0.00000112. The van der Waals surface area contributed by atoms with Crippen LogP contribution in [0.4, 0.5) is 0 Å². The van der Waals surface area contributed by atoms with Crippen molar-refractivity contribution in [3.63, 3.8) is 0 Å². The monoisotopic (exact) mass is 227 g/mol. The molecule has 2 nitrogen and oxygen atoms in total. The fourth-order valence-corrected chi connectivity index (χ4v) is 2.42. The molecule has 0 aliphatic heterocycles. The minimum Gasteiger partial charge on any atom is -0.508 e. The number of phenols is 1. The van der Waals surface area contributed by atoms with E-state index in [1.165, 1.54) is 11.1 Å². The van der Waals surface area contributed by atoms with Gasteiger partial charge in [-0.3, -0.25) is 0 Å². The van der Waals surface area contributed by atoms with Crippen LogP contribution in [0.3, 0.4) is 0 Å². The molecule has 0 radical (unpaired) electrons. The number of hydrogen-bond donors (Lipinski definition) is 2. The first-order valence-corrected chi connectivity index (χ1v) is 5.21. The zero-order chi connectivity index (χ0) is 10.1.